The fourth-order valence-electron chi connectivity index (χ4n) is 3.76. The summed E-state index contributed by atoms with van der Waals surface area (Å²) in [6, 6.07) is 8.03. The SMILES string of the molecule is Cc1ccc(-c2noc(CCCN3CCN(C(=O)Nc4nnc(C5CC5)s4)CC3)n2)cc1. The van der Waals surface area contributed by atoms with Crippen LogP contribution in [0.15, 0.2) is 28.8 Å². The Morgan fingerprint density at radius 3 is 2.69 bits per heavy atom. The van der Waals surface area contributed by atoms with Gasteiger partial charge in [0.2, 0.25) is 16.8 Å². The predicted octanol–water partition coefficient (Wildman–Crippen LogP) is 3.56. The molecule has 10 heteroatoms. The lowest BCUT2D eigenvalue weighted by Crippen LogP contribution is -2.50. The molecular formula is C22H27N7O2S. The third-order valence-electron chi connectivity index (χ3n) is 5.88. The number of aryl methyl sites for hydroxylation is 2. The third-order valence-corrected chi connectivity index (χ3v) is 6.88. The van der Waals surface area contributed by atoms with Gasteiger partial charge in [-0.2, -0.15) is 4.98 Å². The minimum atomic E-state index is -0.0855. The number of aromatic nitrogens is 4. The van der Waals surface area contributed by atoms with Gasteiger partial charge in [-0.25, -0.2) is 4.79 Å². The van der Waals surface area contributed by atoms with Gasteiger partial charge in [-0.05, 0) is 32.7 Å². The molecular weight excluding hydrogens is 426 g/mol. The molecule has 5 rings (SSSR count). The van der Waals surface area contributed by atoms with E-state index < -0.39 is 0 Å². The van der Waals surface area contributed by atoms with Crippen molar-refractivity contribution < 1.29 is 9.32 Å². The van der Waals surface area contributed by atoms with E-state index in [1.807, 2.05) is 29.2 Å². The average molecular weight is 454 g/mol. The molecule has 0 radical (unpaired) electrons. The molecule has 2 aromatic heterocycles. The lowest BCUT2D eigenvalue weighted by atomic mass is 10.1. The molecule has 0 atom stereocenters. The Morgan fingerprint density at radius 1 is 1.16 bits per heavy atom. The first-order valence-electron chi connectivity index (χ1n) is 11.2. The molecule has 1 saturated heterocycles. The predicted molar refractivity (Wildman–Crippen MR) is 122 cm³/mol. The molecule has 1 saturated carbocycles. The number of carbonyl (C=O) groups excluding carboxylic acids is 1. The van der Waals surface area contributed by atoms with E-state index in [2.05, 4.69) is 37.5 Å². The molecule has 2 aliphatic rings. The molecule has 1 aliphatic carbocycles. The van der Waals surface area contributed by atoms with Gasteiger partial charge in [0.25, 0.3) is 0 Å². The number of benzene rings is 1. The minimum Gasteiger partial charge on any atom is -0.339 e. The van der Waals surface area contributed by atoms with Gasteiger partial charge in [0.15, 0.2) is 0 Å². The number of carbonyl (C=O) groups is 1. The summed E-state index contributed by atoms with van der Waals surface area (Å²) in [4.78, 5) is 21.3. The van der Waals surface area contributed by atoms with Gasteiger partial charge < -0.3 is 9.42 Å². The van der Waals surface area contributed by atoms with Crippen molar-refractivity contribution in [1.82, 2.24) is 30.1 Å². The Balaban J connectivity index is 1.03. The highest BCUT2D eigenvalue weighted by atomic mass is 32.1. The molecule has 0 unspecified atom stereocenters. The fourth-order valence-corrected chi connectivity index (χ4v) is 4.66. The molecule has 2 fully saturated rings. The topological polar surface area (TPSA) is 100 Å². The first kappa shape index (κ1) is 21.0. The summed E-state index contributed by atoms with van der Waals surface area (Å²) in [6.45, 7) is 6.13. The van der Waals surface area contributed by atoms with E-state index >= 15 is 0 Å². The Hall–Kier alpha value is -2.85. The van der Waals surface area contributed by atoms with E-state index in [0.717, 1.165) is 43.0 Å². The molecule has 1 aromatic carbocycles. The molecule has 2 amide bonds. The number of nitrogens with one attached hydrogen (secondary N) is 1. The van der Waals surface area contributed by atoms with E-state index in [0.29, 0.717) is 35.9 Å². The van der Waals surface area contributed by atoms with Gasteiger partial charge >= 0.3 is 6.03 Å². The maximum absolute atomic E-state index is 12.5. The summed E-state index contributed by atoms with van der Waals surface area (Å²) in [7, 11) is 0. The van der Waals surface area contributed by atoms with Crippen LogP contribution in [-0.2, 0) is 6.42 Å². The van der Waals surface area contributed by atoms with Crippen molar-refractivity contribution in [3.8, 4) is 11.4 Å². The molecule has 3 heterocycles. The number of piperazine rings is 1. The quantitative estimate of drug-likeness (QED) is 0.584. The summed E-state index contributed by atoms with van der Waals surface area (Å²) < 4.78 is 5.41. The van der Waals surface area contributed by atoms with Crippen LogP contribution in [0.4, 0.5) is 9.93 Å². The van der Waals surface area contributed by atoms with Crippen LogP contribution in [0.25, 0.3) is 11.4 Å². The van der Waals surface area contributed by atoms with Crippen molar-refractivity contribution in [2.75, 3.05) is 38.0 Å². The highest BCUT2D eigenvalue weighted by Gasteiger charge is 2.28. The van der Waals surface area contributed by atoms with E-state index in [4.69, 9.17) is 4.52 Å². The molecule has 1 aliphatic heterocycles. The number of urea groups is 1. The molecule has 0 spiro atoms. The third kappa shape index (κ3) is 5.13. The number of anilines is 1. The van der Waals surface area contributed by atoms with Gasteiger partial charge in [0.05, 0.1) is 0 Å². The summed E-state index contributed by atoms with van der Waals surface area (Å²) in [6.07, 6.45) is 4.06. The van der Waals surface area contributed by atoms with Gasteiger partial charge in [0, 0.05) is 44.1 Å². The monoisotopic (exact) mass is 453 g/mol. The first-order chi connectivity index (χ1) is 15.6. The van der Waals surface area contributed by atoms with Crippen molar-refractivity contribution in [2.24, 2.45) is 0 Å². The van der Waals surface area contributed by atoms with Crippen LogP contribution >= 0.6 is 11.3 Å². The maximum Gasteiger partial charge on any atom is 0.323 e. The summed E-state index contributed by atoms with van der Waals surface area (Å²) in [5.74, 6) is 1.86. The van der Waals surface area contributed by atoms with E-state index in [1.165, 1.54) is 29.7 Å². The Bertz CT molecular complexity index is 1050. The largest absolute Gasteiger partial charge is 0.339 e. The minimum absolute atomic E-state index is 0.0855. The smallest absolute Gasteiger partial charge is 0.323 e. The highest BCUT2D eigenvalue weighted by Crippen LogP contribution is 2.42. The van der Waals surface area contributed by atoms with Crippen LogP contribution in [0.5, 0.6) is 0 Å². The zero-order valence-corrected chi connectivity index (χ0v) is 19.0. The van der Waals surface area contributed by atoms with Crippen LogP contribution in [0.2, 0.25) is 0 Å². The molecule has 3 aromatic rings. The normalized spacial score (nSPS) is 17.0. The first-order valence-corrected chi connectivity index (χ1v) is 12.0. The maximum atomic E-state index is 12.5. The van der Waals surface area contributed by atoms with Gasteiger partial charge in [-0.15, -0.1) is 10.2 Å². The van der Waals surface area contributed by atoms with Crippen molar-refractivity contribution in [2.45, 2.75) is 38.5 Å². The van der Waals surface area contributed by atoms with Crippen molar-refractivity contribution in [3.63, 3.8) is 0 Å². The number of amides is 2. The van der Waals surface area contributed by atoms with Crippen LogP contribution < -0.4 is 5.32 Å². The van der Waals surface area contributed by atoms with Crippen LogP contribution in [-0.4, -0.2) is 68.9 Å². The lowest BCUT2D eigenvalue weighted by Gasteiger charge is -2.34. The Kier molecular flexibility index (Phi) is 6.13. The molecule has 1 N–H and O–H groups in total. The number of hydrogen-bond donors (Lipinski definition) is 1. The summed E-state index contributed by atoms with van der Waals surface area (Å²) in [5.41, 5.74) is 2.18. The second-order valence-electron chi connectivity index (χ2n) is 8.46. The van der Waals surface area contributed by atoms with E-state index in [1.54, 1.807) is 0 Å². The molecule has 0 bridgehead atoms. The standard InChI is InChI=1S/C22H27N7O2S/c1-15-4-6-16(7-5-15)19-23-18(31-27-19)3-2-10-28-11-13-29(14-12-28)22(30)24-21-26-25-20(32-21)17-8-9-17/h4-7,17H,2-3,8-14H2,1H3,(H,24,26,30). The zero-order chi connectivity index (χ0) is 21.9. The molecule has 9 nitrogen and oxygen atoms in total. The lowest BCUT2D eigenvalue weighted by molar-refractivity contribution is 0.146. The summed E-state index contributed by atoms with van der Waals surface area (Å²) >= 11 is 1.49. The van der Waals surface area contributed by atoms with Gasteiger partial charge in [0.1, 0.15) is 5.01 Å². The number of rotatable bonds is 7. The molecule has 32 heavy (non-hydrogen) atoms. The van der Waals surface area contributed by atoms with Crippen LogP contribution in [0.3, 0.4) is 0 Å². The second kappa shape index (κ2) is 9.33. The Labute approximate surface area is 190 Å². The molecule has 168 valence electrons. The van der Waals surface area contributed by atoms with Crippen LogP contribution in [0.1, 0.15) is 41.6 Å². The fraction of sp³-hybridized carbons (Fsp3) is 0.500. The van der Waals surface area contributed by atoms with E-state index in [9.17, 15) is 4.79 Å². The highest BCUT2D eigenvalue weighted by molar-refractivity contribution is 7.15. The Morgan fingerprint density at radius 2 is 1.94 bits per heavy atom. The van der Waals surface area contributed by atoms with Crippen LogP contribution in [0, 0.1) is 6.92 Å². The van der Waals surface area contributed by atoms with Crippen molar-refractivity contribution in [1.29, 1.82) is 0 Å². The van der Waals surface area contributed by atoms with Crippen molar-refractivity contribution in [3.05, 3.63) is 40.7 Å². The second-order valence-corrected chi connectivity index (χ2v) is 9.47. The zero-order valence-electron chi connectivity index (χ0n) is 18.2. The number of hydrogen-bond acceptors (Lipinski definition) is 8. The van der Waals surface area contributed by atoms with Crippen molar-refractivity contribution >= 4 is 22.5 Å². The van der Waals surface area contributed by atoms with Gasteiger partial charge in [-0.3, -0.25) is 10.2 Å². The van der Waals surface area contributed by atoms with E-state index in [-0.39, 0.29) is 6.03 Å². The summed E-state index contributed by atoms with van der Waals surface area (Å²) in [5, 5.41) is 16.9. The van der Waals surface area contributed by atoms with Gasteiger partial charge in [-0.1, -0.05) is 46.3 Å². The average Bonchev–Trinajstić information content (AvgIpc) is 3.37. The number of nitrogens with zero attached hydrogens (tertiary/aromatic N) is 6.